The Bertz CT molecular complexity index is 1200. The quantitative estimate of drug-likeness (QED) is 0.436. The Morgan fingerprint density at radius 2 is 1.57 bits per heavy atom. The second-order valence-corrected chi connectivity index (χ2v) is 9.39. The van der Waals surface area contributed by atoms with Crippen LogP contribution in [0.3, 0.4) is 0 Å². The number of halogens is 1. The number of para-hydroxylation sites is 1. The Morgan fingerprint density at radius 3 is 2.16 bits per heavy atom. The van der Waals surface area contributed by atoms with E-state index in [9.17, 15) is 9.59 Å². The first-order valence-corrected chi connectivity index (χ1v) is 13.0. The Labute approximate surface area is 218 Å². The van der Waals surface area contributed by atoms with Crippen molar-refractivity contribution in [2.75, 3.05) is 31.1 Å². The first kappa shape index (κ1) is 26.4. The van der Waals surface area contributed by atoms with Gasteiger partial charge in [-0.2, -0.15) is 0 Å². The molecule has 1 aliphatic heterocycles. The van der Waals surface area contributed by atoms with Gasteiger partial charge in [-0.25, -0.2) is 4.39 Å². The number of hydrogen-bond acceptors (Lipinski definition) is 4. The van der Waals surface area contributed by atoms with E-state index in [4.69, 9.17) is 5.73 Å². The Hall–Kier alpha value is -3.71. The molecule has 7 heteroatoms. The van der Waals surface area contributed by atoms with Crippen molar-refractivity contribution in [2.24, 2.45) is 5.73 Å². The number of benzene rings is 3. The highest BCUT2D eigenvalue weighted by molar-refractivity contribution is 6.00. The maximum Gasteiger partial charge on any atom is 0.253 e. The van der Waals surface area contributed by atoms with Crippen molar-refractivity contribution in [3.8, 4) is 0 Å². The van der Waals surface area contributed by atoms with Crippen LogP contribution < -0.4 is 10.6 Å². The van der Waals surface area contributed by atoms with Crippen molar-refractivity contribution in [3.63, 3.8) is 0 Å². The molecule has 0 aromatic heterocycles. The number of primary amides is 1. The predicted octanol–water partition coefficient (Wildman–Crippen LogP) is 5.21. The molecule has 0 atom stereocenters. The molecule has 3 aromatic carbocycles. The average molecular weight is 503 g/mol. The Morgan fingerprint density at radius 1 is 0.919 bits per heavy atom. The minimum atomic E-state index is -0.672. The summed E-state index contributed by atoms with van der Waals surface area (Å²) in [5.74, 6) is -1.21. The van der Waals surface area contributed by atoms with Gasteiger partial charge in [-0.1, -0.05) is 36.4 Å². The first-order chi connectivity index (χ1) is 17.9. The number of carbonyl (C=O) groups is 2. The molecule has 1 saturated heterocycles. The summed E-state index contributed by atoms with van der Waals surface area (Å²) in [4.78, 5) is 31.2. The summed E-state index contributed by atoms with van der Waals surface area (Å²) in [5, 5.41) is 0. The van der Waals surface area contributed by atoms with Crippen molar-refractivity contribution in [1.29, 1.82) is 0 Å². The maximum absolute atomic E-state index is 15.3. The summed E-state index contributed by atoms with van der Waals surface area (Å²) < 4.78 is 15.3. The van der Waals surface area contributed by atoms with E-state index in [1.807, 2.05) is 49.1 Å². The summed E-state index contributed by atoms with van der Waals surface area (Å²) in [6.45, 7) is 7.70. The zero-order valence-electron chi connectivity index (χ0n) is 21.6. The largest absolute Gasteiger partial charge is 0.366 e. The molecule has 194 valence electrons. The number of likely N-dealkylation sites (tertiary alicyclic amines) is 1. The van der Waals surface area contributed by atoms with E-state index in [2.05, 4.69) is 17.0 Å². The van der Waals surface area contributed by atoms with E-state index in [-0.39, 0.29) is 23.2 Å². The van der Waals surface area contributed by atoms with Gasteiger partial charge in [0.25, 0.3) is 11.8 Å². The van der Waals surface area contributed by atoms with Crippen molar-refractivity contribution in [3.05, 3.63) is 95.3 Å². The molecule has 0 spiro atoms. The number of amides is 2. The number of hydrogen-bond donors (Lipinski definition) is 1. The molecule has 37 heavy (non-hydrogen) atoms. The third-order valence-corrected chi connectivity index (χ3v) is 7.11. The Kier molecular flexibility index (Phi) is 8.56. The average Bonchev–Trinajstić information content (AvgIpc) is 2.92. The minimum Gasteiger partial charge on any atom is -0.366 e. The van der Waals surface area contributed by atoms with E-state index >= 15 is 4.39 Å². The number of piperidine rings is 1. The molecule has 4 rings (SSSR count). The smallest absolute Gasteiger partial charge is 0.253 e. The lowest BCUT2D eigenvalue weighted by atomic mass is 9.98. The van der Waals surface area contributed by atoms with Crippen LogP contribution in [-0.4, -0.2) is 53.8 Å². The summed E-state index contributed by atoms with van der Waals surface area (Å²) in [6, 6.07) is 22.0. The summed E-state index contributed by atoms with van der Waals surface area (Å²) in [6.07, 6.45) is 1.58. The zero-order valence-corrected chi connectivity index (χ0v) is 21.6. The van der Waals surface area contributed by atoms with E-state index in [1.54, 1.807) is 23.1 Å². The molecule has 6 nitrogen and oxygen atoms in total. The van der Waals surface area contributed by atoms with Crippen LogP contribution in [0.2, 0.25) is 0 Å². The van der Waals surface area contributed by atoms with Gasteiger partial charge in [-0.15, -0.1) is 0 Å². The van der Waals surface area contributed by atoms with E-state index in [1.165, 1.54) is 17.7 Å². The first-order valence-electron chi connectivity index (χ1n) is 13.0. The molecule has 0 unspecified atom stereocenters. The van der Waals surface area contributed by atoms with Gasteiger partial charge in [0.05, 0.1) is 11.3 Å². The van der Waals surface area contributed by atoms with Gasteiger partial charge >= 0.3 is 0 Å². The fourth-order valence-corrected chi connectivity index (χ4v) is 5.12. The molecule has 1 fully saturated rings. The molecular weight excluding hydrogens is 467 g/mol. The van der Waals surface area contributed by atoms with Crippen LogP contribution in [0.15, 0.2) is 72.8 Å². The fourth-order valence-electron chi connectivity index (χ4n) is 5.12. The maximum atomic E-state index is 15.3. The summed E-state index contributed by atoms with van der Waals surface area (Å²) >= 11 is 0. The van der Waals surface area contributed by atoms with Crippen molar-refractivity contribution in [1.82, 2.24) is 9.80 Å². The van der Waals surface area contributed by atoms with Gasteiger partial charge in [-0.05, 0) is 68.7 Å². The topological polar surface area (TPSA) is 69.9 Å². The standard InChI is InChI=1S/C30H35FN4O2/c1-3-34(4-2)30(37)23-13-15-24(16-14-23)35(28-26(29(32)36)11-8-12-27(28)31)25-17-19-33(20-18-25)21-22-9-6-5-7-10-22/h5-16,25H,3-4,17-21H2,1-2H3,(H2,32,36). The lowest BCUT2D eigenvalue weighted by Gasteiger charge is -2.40. The number of nitrogens with zero attached hydrogens (tertiary/aromatic N) is 3. The van der Waals surface area contributed by atoms with Gasteiger partial charge < -0.3 is 15.5 Å². The van der Waals surface area contributed by atoms with Crippen molar-refractivity contribution >= 4 is 23.2 Å². The van der Waals surface area contributed by atoms with E-state index in [0.29, 0.717) is 18.7 Å². The van der Waals surface area contributed by atoms with Crippen LogP contribution in [0.1, 0.15) is 53.0 Å². The van der Waals surface area contributed by atoms with Crippen LogP contribution in [0.5, 0.6) is 0 Å². The Balaban J connectivity index is 1.64. The second kappa shape index (κ2) is 12.0. The lowest BCUT2D eigenvalue weighted by molar-refractivity contribution is 0.0772. The minimum absolute atomic E-state index is 0.0358. The van der Waals surface area contributed by atoms with Gasteiger partial charge in [0.1, 0.15) is 5.82 Å². The molecule has 2 amide bonds. The van der Waals surface area contributed by atoms with Gasteiger partial charge in [-0.3, -0.25) is 14.5 Å². The van der Waals surface area contributed by atoms with E-state index < -0.39 is 11.7 Å². The molecular formula is C30H35FN4O2. The van der Waals surface area contributed by atoms with Crippen LogP contribution >= 0.6 is 0 Å². The third kappa shape index (κ3) is 6.00. The molecule has 0 aliphatic carbocycles. The normalized spacial score (nSPS) is 14.4. The zero-order chi connectivity index (χ0) is 26.4. The molecule has 3 aromatic rings. The highest BCUT2D eigenvalue weighted by Gasteiger charge is 2.30. The van der Waals surface area contributed by atoms with Crippen LogP contribution in [0.25, 0.3) is 0 Å². The fraction of sp³-hybridized carbons (Fsp3) is 0.333. The van der Waals surface area contributed by atoms with Crippen molar-refractivity contribution in [2.45, 2.75) is 39.3 Å². The molecule has 2 N–H and O–H groups in total. The van der Waals surface area contributed by atoms with E-state index in [0.717, 1.165) is 38.2 Å². The van der Waals surface area contributed by atoms with Gasteiger partial charge in [0, 0.05) is 50.0 Å². The molecule has 0 bridgehead atoms. The lowest BCUT2D eigenvalue weighted by Crippen LogP contribution is -2.43. The van der Waals surface area contributed by atoms with Crippen LogP contribution in [0, 0.1) is 5.82 Å². The molecule has 1 heterocycles. The summed E-state index contributed by atoms with van der Waals surface area (Å²) in [7, 11) is 0. The van der Waals surface area contributed by atoms with Crippen LogP contribution in [-0.2, 0) is 6.54 Å². The van der Waals surface area contributed by atoms with Gasteiger partial charge in [0.15, 0.2) is 0 Å². The monoisotopic (exact) mass is 502 g/mol. The van der Waals surface area contributed by atoms with Crippen LogP contribution in [0.4, 0.5) is 15.8 Å². The molecule has 1 aliphatic rings. The highest BCUT2D eigenvalue weighted by atomic mass is 19.1. The molecule has 0 saturated carbocycles. The number of rotatable bonds is 9. The SMILES string of the molecule is CCN(CC)C(=O)c1ccc(N(c2c(F)cccc2C(N)=O)C2CCN(Cc3ccccc3)CC2)cc1. The third-order valence-electron chi connectivity index (χ3n) is 7.11. The summed E-state index contributed by atoms with van der Waals surface area (Å²) in [5.41, 5.74) is 8.58. The van der Waals surface area contributed by atoms with Crippen molar-refractivity contribution < 1.29 is 14.0 Å². The second-order valence-electron chi connectivity index (χ2n) is 9.39. The number of nitrogens with two attached hydrogens (primary N) is 1. The highest BCUT2D eigenvalue weighted by Crippen LogP contribution is 2.36. The van der Waals surface area contributed by atoms with Gasteiger partial charge in [0.2, 0.25) is 0 Å². The molecule has 0 radical (unpaired) electrons. The number of anilines is 2. The number of carbonyl (C=O) groups excluding carboxylic acids is 2. The predicted molar refractivity (Wildman–Crippen MR) is 145 cm³/mol.